The van der Waals surface area contributed by atoms with Crippen LogP contribution in [0.25, 0.3) is 0 Å². The summed E-state index contributed by atoms with van der Waals surface area (Å²) in [6.45, 7) is 1.98. The molecule has 0 aromatic heterocycles. The zero-order valence-corrected chi connectivity index (χ0v) is 15.4. The van der Waals surface area contributed by atoms with Crippen LogP contribution < -0.4 is 0 Å². The number of aliphatic hydroxyl groups is 4. The van der Waals surface area contributed by atoms with E-state index in [0.29, 0.717) is 16.3 Å². The fourth-order valence-corrected chi connectivity index (χ4v) is 2.53. The van der Waals surface area contributed by atoms with Crippen LogP contribution in [0.2, 0.25) is 0 Å². The summed E-state index contributed by atoms with van der Waals surface area (Å²) in [6.07, 6.45) is -7.94. The number of nitrogens with zero attached hydrogens (tertiary/aromatic N) is 3. The van der Waals surface area contributed by atoms with Gasteiger partial charge in [0, 0.05) is 19.5 Å². The number of nitroso groups, excluding NO2 is 1. The van der Waals surface area contributed by atoms with Gasteiger partial charge in [0.25, 0.3) is 0 Å². The van der Waals surface area contributed by atoms with Crippen molar-refractivity contribution in [2.24, 2.45) is 5.29 Å². The molecule has 0 aliphatic carbocycles. The van der Waals surface area contributed by atoms with E-state index in [1.54, 1.807) is 0 Å². The van der Waals surface area contributed by atoms with Crippen LogP contribution in [0, 0.1) is 4.91 Å². The second kappa shape index (κ2) is 10.9. The van der Waals surface area contributed by atoms with Gasteiger partial charge in [-0.05, 0) is 6.42 Å². The number of rotatable bonds is 9. The van der Waals surface area contributed by atoms with Gasteiger partial charge in [0.2, 0.25) is 0 Å². The molecule has 26 heavy (non-hydrogen) atoms. The summed E-state index contributed by atoms with van der Waals surface area (Å²) in [5, 5.41) is 43.4. The Morgan fingerprint density at radius 3 is 2.50 bits per heavy atom. The Hall–Kier alpha value is -1.08. The number of aliphatic hydroxyl groups excluding tert-OH is 4. The average Bonchev–Trinajstić information content (AvgIpc) is 2.64. The first-order valence-corrected chi connectivity index (χ1v) is 8.76. The number of ether oxygens (including phenoxy) is 2. The van der Waals surface area contributed by atoms with Crippen molar-refractivity contribution in [3.63, 3.8) is 0 Å². The number of amides is 2. The van der Waals surface area contributed by atoms with Gasteiger partial charge in [0.1, 0.15) is 24.4 Å². The molecule has 0 aromatic carbocycles. The van der Waals surface area contributed by atoms with Crippen molar-refractivity contribution in [3.05, 3.63) is 4.91 Å². The number of hydrogen-bond acceptors (Lipinski definition) is 9. The molecule has 6 atom stereocenters. The van der Waals surface area contributed by atoms with E-state index < -0.39 is 43.0 Å². The molecule has 4 N–H and O–H groups in total. The normalized spacial score (nSPS) is 29.9. The first-order valence-electron chi connectivity index (χ1n) is 8.23. The standard InChI is InChI=1S/C14H26ClN3O8/c1-3-4-7-25-13-10(21)8(19)9(20)11(26-13)12(22)17(2)14(23)18(16-24)6-5-15/h8-13,19-22H,3-7H2,1-2H3/t8-,9-,10+,11-,12?,13-/m0/s1. The maximum absolute atomic E-state index is 12.2. The predicted molar refractivity (Wildman–Crippen MR) is 89.9 cm³/mol. The van der Waals surface area contributed by atoms with Crippen LogP contribution in [0.15, 0.2) is 5.29 Å². The van der Waals surface area contributed by atoms with Gasteiger partial charge in [0.05, 0.1) is 11.8 Å². The summed E-state index contributed by atoms with van der Waals surface area (Å²) in [7, 11) is 1.15. The molecule has 1 saturated heterocycles. The van der Waals surface area contributed by atoms with Gasteiger partial charge in [-0.15, -0.1) is 16.5 Å². The molecule has 11 nitrogen and oxygen atoms in total. The van der Waals surface area contributed by atoms with Gasteiger partial charge in [-0.1, -0.05) is 13.3 Å². The lowest BCUT2D eigenvalue weighted by Gasteiger charge is -2.43. The van der Waals surface area contributed by atoms with Gasteiger partial charge in [-0.25, -0.2) is 4.79 Å². The van der Waals surface area contributed by atoms with E-state index >= 15 is 0 Å². The molecule has 0 aromatic rings. The Balaban J connectivity index is 2.85. The summed E-state index contributed by atoms with van der Waals surface area (Å²) in [5.74, 6) is -0.0534. The topological polar surface area (TPSA) is 152 Å². The van der Waals surface area contributed by atoms with E-state index in [1.807, 2.05) is 6.92 Å². The average molecular weight is 400 g/mol. The number of halogens is 1. The van der Waals surface area contributed by atoms with E-state index in [2.05, 4.69) is 5.29 Å². The Morgan fingerprint density at radius 1 is 1.31 bits per heavy atom. The monoisotopic (exact) mass is 399 g/mol. The second-order valence-electron chi connectivity index (χ2n) is 5.87. The van der Waals surface area contributed by atoms with Gasteiger partial charge in [-0.2, -0.15) is 5.01 Å². The maximum atomic E-state index is 12.2. The molecular formula is C14H26ClN3O8. The summed E-state index contributed by atoms with van der Waals surface area (Å²) in [6, 6.07) is -0.979. The molecule has 1 aliphatic rings. The fourth-order valence-electron chi connectivity index (χ4n) is 2.37. The van der Waals surface area contributed by atoms with Crippen LogP contribution in [0.1, 0.15) is 19.8 Å². The third kappa shape index (κ3) is 5.46. The Kier molecular flexibility index (Phi) is 9.64. The number of alkyl halides is 1. The first-order chi connectivity index (χ1) is 12.3. The lowest BCUT2D eigenvalue weighted by Crippen LogP contribution is -2.64. The van der Waals surface area contributed by atoms with Crippen LogP contribution in [0.5, 0.6) is 0 Å². The Morgan fingerprint density at radius 2 is 1.96 bits per heavy atom. The van der Waals surface area contributed by atoms with E-state index in [0.717, 1.165) is 13.5 Å². The third-order valence-electron chi connectivity index (χ3n) is 3.99. The molecule has 1 heterocycles. The molecular weight excluding hydrogens is 374 g/mol. The molecule has 1 aliphatic heterocycles. The molecule has 152 valence electrons. The van der Waals surface area contributed by atoms with Crippen molar-refractivity contribution in [3.8, 4) is 0 Å². The van der Waals surface area contributed by atoms with Crippen LogP contribution in [-0.2, 0) is 9.47 Å². The molecule has 0 radical (unpaired) electrons. The molecule has 2 amide bonds. The Labute approximate surface area is 156 Å². The highest BCUT2D eigenvalue weighted by Crippen LogP contribution is 2.25. The van der Waals surface area contributed by atoms with Crippen LogP contribution in [0.4, 0.5) is 4.79 Å². The molecule has 1 unspecified atom stereocenters. The number of hydrogen-bond donors (Lipinski definition) is 4. The number of urea groups is 1. The van der Waals surface area contributed by atoms with Crippen molar-refractivity contribution in [1.82, 2.24) is 9.91 Å². The first kappa shape index (κ1) is 23.0. The minimum Gasteiger partial charge on any atom is -0.387 e. The summed E-state index contributed by atoms with van der Waals surface area (Å²) >= 11 is 5.47. The quantitative estimate of drug-likeness (QED) is 0.129. The highest BCUT2D eigenvalue weighted by Gasteiger charge is 2.48. The minimum atomic E-state index is -1.75. The van der Waals surface area contributed by atoms with Gasteiger partial charge in [0.15, 0.2) is 12.5 Å². The smallest absolute Gasteiger partial charge is 0.344 e. The molecule has 0 bridgehead atoms. The fraction of sp³-hybridized carbons (Fsp3) is 0.929. The van der Waals surface area contributed by atoms with Crippen LogP contribution >= 0.6 is 11.6 Å². The van der Waals surface area contributed by atoms with Crippen molar-refractivity contribution < 1.29 is 34.7 Å². The maximum Gasteiger partial charge on any atom is 0.344 e. The summed E-state index contributed by atoms with van der Waals surface area (Å²) in [4.78, 5) is 23.6. The number of carbonyl (C=O) groups excluding carboxylic acids is 1. The van der Waals surface area contributed by atoms with Gasteiger partial charge in [-0.3, -0.25) is 4.90 Å². The predicted octanol–water partition coefficient (Wildman–Crippen LogP) is -0.797. The lowest BCUT2D eigenvalue weighted by atomic mass is 9.97. The van der Waals surface area contributed by atoms with E-state index in [1.165, 1.54) is 0 Å². The zero-order valence-electron chi connectivity index (χ0n) is 14.6. The molecule has 1 fully saturated rings. The minimum absolute atomic E-state index is 0.0534. The van der Waals surface area contributed by atoms with E-state index in [4.69, 9.17) is 21.1 Å². The molecule has 1 rings (SSSR count). The number of carbonyl (C=O) groups is 1. The number of likely N-dealkylation sites (N-methyl/N-ethyl adjacent to an activating group) is 1. The lowest BCUT2D eigenvalue weighted by molar-refractivity contribution is -0.317. The second-order valence-corrected chi connectivity index (χ2v) is 6.24. The van der Waals surface area contributed by atoms with Gasteiger partial charge < -0.3 is 29.9 Å². The van der Waals surface area contributed by atoms with Crippen LogP contribution in [-0.4, -0.2) is 99.4 Å². The summed E-state index contributed by atoms with van der Waals surface area (Å²) in [5.41, 5.74) is 0. The SMILES string of the molecule is CCCCO[C@H]1O[C@H](C(O)N(C)C(=O)N(CCCl)N=O)[C@@H](O)[C@H](O)[C@H]1O. The van der Waals surface area contributed by atoms with E-state index in [9.17, 15) is 30.1 Å². The van der Waals surface area contributed by atoms with Crippen molar-refractivity contribution >= 4 is 17.6 Å². The molecule has 0 spiro atoms. The highest BCUT2D eigenvalue weighted by molar-refractivity contribution is 6.18. The van der Waals surface area contributed by atoms with Crippen molar-refractivity contribution in [1.29, 1.82) is 0 Å². The largest absolute Gasteiger partial charge is 0.387 e. The van der Waals surface area contributed by atoms with Crippen molar-refractivity contribution in [2.75, 3.05) is 26.1 Å². The molecule has 0 saturated carbocycles. The van der Waals surface area contributed by atoms with Crippen molar-refractivity contribution in [2.45, 2.75) is 56.7 Å². The Bertz CT molecular complexity index is 460. The number of unbranched alkanes of at least 4 members (excludes halogenated alkanes) is 1. The summed E-state index contributed by atoms with van der Waals surface area (Å²) < 4.78 is 10.7. The highest BCUT2D eigenvalue weighted by atomic mass is 35.5. The van der Waals surface area contributed by atoms with Crippen LogP contribution in [0.3, 0.4) is 0 Å². The van der Waals surface area contributed by atoms with E-state index in [-0.39, 0.29) is 19.0 Å². The molecule has 12 heteroatoms. The third-order valence-corrected chi connectivity index (χ3v) is 4.16. The van der Waals surface area contributed by atoms with Gasteiger partial charge >= 0.3 is 6.03 Å². The zero-order chi connectivity index (χ0) is 19.9.